The van der Waals surface area contributed by atoms with E-state index in [2.05, 4.69) is 5.32 Å². The number of hydrogen-bond donors (Lipinski definition) is 2. The molecule has 1 aliphatic rings. The molecular formula is C25H25N3O4. The molecule has 0 radical (unpaired) electrons. The van der Waals surface area contributed by atoms with Crippen molar-refractivity contribution in [1.29, 1.82) is 0 Å². The zero-order valence-corrected chi connectivity index (χ0v) is 17.8. The summed E-state index contributed by atoms with van der Waals surface area (Å²) in [4.78, 5) is 26.1. The average Bonchev–Trinajstić information content (AvgIpc) is 2.83. The number of nitrogens with zero attached hydrogens (tertiary/aromatic N) is 1. The topological polar surface area (TPSA) is 93.9 Å². The van der Waals surface area contributed by atoms with E-state index in [-0.39, 0.29) is 18.7 Å². The Bertz CT molecular complexity index is 1100. The minimum atomic E-state index is -0.532. The van der Waals surface area contributed by atoms with Crippen molar-refractivity contribution in [3.63, 3.8) is 0 Å². The van der Waals surface area contributed by atoms with Gasteiger partial charge >= 0.3 is 0 Å². The predicted octanol–water partition coefficient (Wildman–Crippen LogP) is 3.37. The highest BCUT2D eigenvalue weighted by Crippen LogP contribution is 2.33. The molecule has 1 aliphatic heterocycles. The maximum absolute atomic E-state index is 13.4. The highest BCUT2D eigenvalue weighted by molar-refractivity contribution is 6.01. The third kappa shape index (κ3) is 4.67. The molecule has 0 bridgehead atoms. The van der Waals surface area contributed by atoms with E-state index >= 15 is 0 Å². The van der Waals surface area contributed by atoms with Crippen LogP contribution in [0.5, 0.6) is 11.5 Å². The molecule has 3 N–H and O–H groups in total. The average molecular weight is 431 g/mol. The number of carbonyl (C=O) groups is 2. The van der Waals surface area contributed by atoms with E-state index in [1.165, 1.54) is 0 Å². The second-order valence-corrected chi connectivity index (χ2v) is 7.51. The third-order valence-electron chi connectivity index (χ3n) is 5.40. The second-order valence-electron chi connectivity index (χ2n) is 7.51. The number of para-hydroxylation sites is 1. The Kier molecular flexibility index (Phi) is 6.26. The standard InChI is InChI=1S/C25H25N3O4/c1-31-19-10-6-17(7-11-19)14-15-28-24(27-22-5-3-2-4-21(22)25(28)30)18-8-12-20(13-9-18)32-16-23(26)29/h2-13,24,27H,14-16H2,1H3,(H2,26,29). The van der Waals surface area contributed by atoms with E-state index in [4.69, 9.17) is 15.2 Å². The molecular weight excluding hydrogens is 406 g/mol. The molecule has 0 saturated carbocycles. The van der Waals surface area contributed by atoms with Gasteiger partial charge in [0.1, 0.15) is 17.7 Å². The van der Waals surface area contributed by atoms with Gasteiger partial charge in [0.25, 0.3) is 11.8 Å². The summed E-state index contributed by atoms with van der Waals surface area (Å²) in [6.45, 7) is 0.359. The Hall–Kier alpha value is -4.00. The maximum Gasteiger partial charge on any atom is 0.257 e. The number of hydrogen-bond acceptors (Lipinski definition) is 5. The number of nitrogens with two attached hydrogens (primary N) is 1. The van der Waals surface area contributed by atoms with Crippen LogP contribution < -0.4 is 20.5 Å². The first-order valence-corrected chi connectivity index (χ1v) is 10.4. The molecule has 4 rings (SSSR count). The maximum atomic E-state index is 13.4. The summed E-state index contributed by atoms with van der Waals surface area (Å²) in [5.41, 5.74) is 8.62. The number of methoxy groups -OCH3 is 1. The summed E-state index contributed by atoms with van der Waals surface area (Å²) in [7, 11) is 1.64. The molecule has 0 spiro atoms. The van der Waals surface area contributed by atoms with Gasteiger partial charge < -0.3 is 25.4 Å². The lowest BCUT2D eigenvalue weighted by molar-refractivity contribution is -0.119. The van der Waals surface area contributed by atoms with Gasteiger partial charge in [0.15, 0.2) is 6.61 Å². The van der Waals surface area contributed by atoms with Crippen LogP contribution in [0.1, 0.15) is 27.7 Å². The first kappa shape index (κ1) is 21.2. The quantitative estimate of drug-likeness (QED) is 0.570. The monoisotopic (exact) mass is 431 g/mol. The number of ether oxygens (including phenoxy) is 2. The molecule has 1 atom stereocenters. The van der Waals surface area contributed by atoms with Crippen molar-refractivity contribution in [2.45, 2.75) is 12.6 Å². The van der Waals surface area contributed by atoms with Gasteiger partial charge in [-0.3, -0.25) is 9.59 Å². The van der Waals surface area contributed by atoms with Crippen LogP contribution in [0, 0.1) is 0 Å². The second kappa shape index (κ2) is 9.43. The van der Waals surface area contributed by atoms with Crippen LogP contribution >= 0.6 is 0 Å². The Morgan fingerprint density at radius 3 is 2.38 bits per heavy atom. The fraction of sp³-hybridized carbons (Fsp3) is 0.200. The number of fused-ring (bicyclic) bond motifs is 1. The van der Waals surface area contributed by atoms with E-state index < -0.39 is 5.91 Å². The van der Waals surface area contributed by atoms with Crippen LogP contribution in [0.4, 0.5) is 5.69 Å². The summed E-state index contributed by atoms with van der Waals surface area (Å²) < 4.78 is 10.6. The molecule has 1 unspecified atom stereocenters. The third-order valence-corrected chi connectivity index (χ3v) is 5.40. The van der Waals surface area contributed by atoms with Crippen LogP contribution in [-0.4, -0.2) is 37.0 Å². The fourth-order valence-electron chi connectivity index (χ4n) is 3.73. The zero-order valence-electron chi connectivity index (χ0n) is 17.8. The van der Waals surface area contributed by atoms with Gasteiger partial charge in [-0.2, -0.15) is 0 Å². The molecule has 32 heavy (non-hydrogen) atoms. The van der Waals surface area contributed by atoms with Gasteiger partial charge in [-0.15, -0.1) is 0 Å². The van der Waals surface area contributed by atoms with Gasteiger partial charge in [-0.1, -0.05) is 36.4 Å². The van der Waals surface area contributed by atoms with Crippen molar-refractivity contribution in [2.24, 2.45) is 5.73 Å². The van der Waals surface area contributed by atoms with Gasteiger partial charge in [0.05, 0.1) is 12.7 Å². The lowest BCUT2D eigenvalue weighted by Crippen LogP contribution is -2.43. The fourth-order valence-corrected chi connectivity index (χ4v) is 3.73. The molecule has 164 valence electrons. The lowest BCUT2D eigenvalue weighted by Gasteiger charge is -2.38. The van der Waals surface area contributed by atoms with Crippen molar-refractivity contribution >= 4 is 17.5 Å². The van der Waals surface area contributed by atoms with Crippen molar-refractivity contribution in [1.82, 2.24) is 4.90 Å². The Labute approximate surface area is 186 Å². The van der Waals surface area contributed by atoms with Crippen LogP contribution in [0.15, 0.2) is 72.8 Å². The molecule has 2 amide bonds. The zero-order chi connectivity index (χ0) is 22.5. The number of amides is 2. The molecule has 7 heteroatoms. The SMILES string of the molecule is COc1ccc(CCN2C(=O)c3ccccc3NC2c2ccc(OCC(N)=O)cc2)cc1. The summed E-state index contributed by atoms with van der Waals surface area (Å²) >= 11 is 0. The smallest absolute Gasteiger partial charge is 0.257 e. The van der Waals surface area contributed by atoms with Crippen LogP contribution in [-0.2, 0) is 11.2 Å². The first-order valence-electron chi connectivity index (χ1n) is 10.4. The molecule has 7 nitrogen and oxygen atoms in total. The van der Waals surface area contributed by atoms with E-state index in [0.29, 0.717) is 24.3 Å². The number of anilines is 1. The molecule has 0 saturated heterocycles. The predicted molar refractivity (Wildman–Crippen MR) is 122 cm³/mol. The van der Waals surface area contributed by atoms with Crippen LogP contribution in [0.25, 0.3) is 0 Å². The number of carbonyl (C=O) groups excluding carboxylic acids is 2. The number of benzene rings is 3. The van der Waals surface area contributed by atoms with Gasteiger partial charge in [0.2, 0.25) is 0 Å². The highest BCUT2D eigenvalue weighted by atomic mass is 16.5. The van der Waals surface area contributed by atoms with Gasteiger partial charge in [-0.05, 0) is 53.9 Å². The molecule has 0 aromatic heterocycles. The van der Waals surface area contributed by atoms with Crippen molar-refractivity contribution in [3.05, 3.63) is 89.5 Å². The Morgan fingerprint density at radius 2 is 1.69 bits per heavy atom. The van der Waals surface area contributed by atoms with Crippen molar-refractivity contribution in [3.8, 4) is 11.5 Å². The molecule has 3 aromatic carbocycles. The van der Waals surface area contributed by atoms with E-state index in [1.54, 1.807) is 19.2 Å². The summed E-state index contributed by atoms with van der Waals surface area (Å²) in [6, 6.07) is 22.7. The van der Waals surface area contributed by atoms with E-state index in [0.717, 1.165) is 22.6 Å². The summed E-state index contributed by atoms with van der Waals surface area (Å²) in [5.74, 6) is 0.789. The number of rotatable bonds is 8. The Balaban J connectivity index is 1.57. The summed E-state index contributed by atoms with van der Waals surface area (Å²) in [5, 5.41) is 3.49. The number of primary amides is 1. The Morgan fingerprint density at radius 1 is 1.00 bits per heavy atom. The highest BCUT2D eigenvalue weighted by Gasteiger charge is 2.32. The van der Waals surface area contributed by atoms with Crippen molar-refractivity contribution < 1.29 is 19.1 Å². The van der Waals surface area contributed by atoms with Crippen molar-refractivity contribution in [2.75, 3.05) is 25.6 Å². The molecule has 0 aliphatic carbocycles. The normalized spacial score (nSPS) is 15.0. The number of nitrogens with one attached hydrogen (secondary N) is 1. The largest absolute Gasteiger partial charge is 0.497 e. The van der Waals surface area contributed by atoms with Gasteiger partial charge in [-0.25, -0.2) is 0 Å². The molecule has 0 fully saturated rings. The lowest BCUT2D eigenvalue weighted by atomic mass is 10.0. The first-order chi connectivity index (χ1) is 15.5. The molecule has 1 heterocycles. The van der Waals surface area contributed by atoms with Crippen LogP contribution in [0.3, 0.4) is 0 Å². The van der Waals surface area contributed by atoms with E-state index in [1.807, 2.05) is 65.6 Å². The minimum Gasteiger partial charge on any atom is -0.497 e. The summed E-state index contributed by atoms with van der Waals surface area (Å²) in [6.07, 6.45) is 0.372. The minimum absolute atomic E-state index is 0.0214. The van der Waals surface area contributed by atoms with Crippen LogP contribution in [0.2, 0.25) is 0 Å². The van der Waals surface area contributed by atoms with Gasteiger partial charge in [0, 0.05) is 12.2 Å². The molecule has 3 aromatic rings. The van der Waals surface area contributed by atoms with E-state index in [9.17, 15) is 9.59 Å².